The van der Waals surface area contributed by atoms with Crippen molar-refractivity contribution in [1.82, 2.24) is 15.0 Å². The van der Waals surface area contributed by atoms with Gasteiger partial charge in [-0.1, -0.05) is 23.7 Å². The van der Waals surface area contributed by atoms with Crippen molar-refractivity contribution in [1.29, 1.82) is 0 Å². The smallest absolute Gasteiger partial charge is 0.293 e. The molecule has 120 valence electrons. The van der Waals surface area contributed by atoms with Gasteiger partial charge in [0.25, 0.3) is 6.01 Å². The van der Waals surface area contributed by atoms with Gasteiger partial charge >= 0.3 is 0 Å². The lowest BCUT2D eigenvalue weighted by atomic mass is 9.99. The topological polar surface area (TPSA) is 102 Å². The van der Waals surface area contributed by atoms with Crippen LogP contribution in [-0.2, 0) is 0 Å². The van der Waals surface area contributed by atoms with E-state index < -0.39 is 11.7 Å². The number of hydrogen-bond acceptors (Lipinski definition) is 5. The minimum Gasteiger partial charge on any atom is -0.480 e. The molecule has 0 saturated heterocycles. The number of aliphatic hydroxyl groups is 2. The summed E-state index contributed by atoms with van der Waals surface area (Å²) in [4.78, 5) is 10.7. The van der Waals surface area contributed by atoms with Gasteiger partial charge in [0, 0.05) is 11.5 Å². The SMILES string of the molecule is OCC(CO)c1nc2nc(O)[nH]c2c(-c2ccc(F)cc2)c1Cl. The third kappa shape index (κ3) is 2.74. The first-order valence-electron chi connectivity index (χ1n) is 6.80. The van der Waals surface area contributed by atoms with Gasteiger partial charge in [0.1, 0.15) is 5.82 Å². The molecule has 8 heteroatoms. The van der Waals surface area contributed by atoms with Crippen LogP contribution in [0.4, 0.5) is 4.39 Å². The van der Waals surface area contributed by atoms with Crippen LogP contribution in [0.5, 0.6) is 6.01 Å². The molecule has 2 heterocycles. The largest absolute Gasteiger partial charge is 0.480 e. The van der Waals surface area contributed by atoms with E-state index in [2.05, 4.69) is 15.0 Å². The first kappa shape index (κ1) is 15.7. The Balaban J connectivity index is 2.33. The quantitative estimate of drug-likeness (QED) is 0.584. The molecule has 0 aliphatic carbocycles. The van der Waals surface area contributed by atoms with Crippen LogP contribution in [0.25, 0.3) is 22.3 Å². The fourth-order valence-corrected chi connectivity index (χ4v) is 2.80. The number of aromatic amines is 1. The number of nitrogens with zero attached hydrogens (tertiary/aromatic N) is 2. The van der Waals surface area contributed by atoms with Gasteiger partial charge in [-0.25, -0.2) is 9.37 Å². The van der Waals surface area contributed by atoms with Gasteiger partial charge in [-0.15, -0.1) is 0 Å². The van der Waals surface area contributed by atoms with Gasteiger partial charge < -0.3 is 20.3 Å². The number of pyridine rings is 1. The van der Waals surface area contributed by atoms with Crippen LogP contribution in [-0.4, -0.2) is 43.5 Å². The number of aliphatic hydroxyl groups excluding tert-OH is 2. The standard InChI is InChI=1S/C15H13ClFN3O3/c16-11-10(7-1-3-9(17)4-2-7)13-14(20-15(23)19-13)18-12(11)8(5-21)6-22/h1-4,8,21-22H,5-6H2,(H2,18,19,20,23). The average Bonchev–Trinajstić information content (AvgIpc) is 2.90. The van der Waals surface area contributed by atoms with Crippen molar-refractivity contribution >= 4 is 22.8 Å². The van der Waals surface area contributed by atoms with Crippen LogP contribution >= 0.6 is 11.6 Å². The second kappa shape index (κ2) is 6.11. The predicted molar refractivity (Wildman–Crippen MR) is 82.9 cm³/mol. The summed E-state index contributed by atoms with van der Waals surface area (Å²) in [6, 6.07) is 5.29. The Morgan fingerprint density at radius 3 is 2.39 bits per heavy atom. The number of H-pyrrole nitrogens is 1. The van der Waals surface area contributed by atoms with E-state index in [0.717, 1.165) is 0 Å². The van der Waals surface area contributed by atoms with Crippen LogP contribution in [0.2, 0.25) is 5.02 Å². The molecule has 0 unspecified atom stereocenters. The van der Waals surface area contributed by atoms with Gasteiger partial charge in [0.15, 0.2) is 5.65 Å². The maximum absolute atomic E-state index is 13.2. The summed E-state index contributed by atoms with van der Waals surface area (Å²) in [6.45, 7) is -0.706. The van der Waals surface area contributed by atoms with E-state index in [9.17, 15) is 19.7 Å². The number of aromatic hydroxyl groups is 1. The summed E-state index contributed by atoms with van der Waals surface area (Å²) in [5, 5.41) is 28.6. The molecule has 1 aromatic carbocycles. The number of aromatic nitrogens is 3. The molecule has 0 amide bonds. The molecule has 2 aromatic heterocycles. The molecular formula is C15H13ClFN3O3. The molecule has 0 atom stereocenters. The number of rotatable bonds is 4. The van der Waals surface area contributed by atoms with Crippen molar-refractivity contribution in [2.24, 2.45) is 0 Å². The van der Waals surface area contributed by atoms with E-state index in [1.165, 1.54) is 24.3 Å². The maximum atomic E-state index is 13.2. The molecule has 0 aliphatic heterocycles. The van der Waals surface area contributed by atoms with E-state index in [-0.39, 0.29) is 35.6 Å². The zero-order chi connectivity index (χ0) is 16.6. The number of hydrogen-bond donors (Lipinski definition) is 4. The lowest BCUT2D eigenvalue weighted by Gasteiger charge is -2.15. The molecule has 3 aromatic rings. The normalized spacial score (nSPS) is 11.5. The number of fused-ring (bicyclic) bond motifs is 1. The molecule has 3 rings (SSSR count). The second-order valence-electron chi connectivity index (χ2n) is 5.01. The highest BCUT2D eigenvalue weighted by Crippen LogP contribution is 2.38. The minimum atomic E-state index is -0.690. The highest BCUT2D eigenvalue weighted by Gasteiger charge is 2.23. The van der Waals surface area contributed by atoms with Gasteiger partial charge in [-0.3, -0.25) is 0 Å². The van der Waals surface area contributed by atoms with Gasteiger partial charge in [-0.2, -0.15) is 4.98 Å². The molecule has 0 aliphatic rings. The van der Waals surface area contributed by atoms with Crippen molar-refractivity contribution in [3.63, 3.8) is 0 Å². The monoisotopic (exact) mass is 337 g/mol. The summed E-state index contributed by atoms with van der Waals surface area (Å²) in [7, 11) is 0. The van der Waals surface area contributed by atoms with Gasteiger partial charge in [-0.05, 0) is 17.7 Å². The fourth-order valence-electron chi connectivity index (χ4n) is 2.40. The Hall–Kier alpha value is -2.22. The van der Waals surface area contributed by atoms with Crippen molar-refractivity contribution in [3.05, 3.63) is 40.8 Å². The van der Waals surface area contributed by atoms with Crippen LogP contribution in [0.15, 0.2) is 24.3 Å². The predicted octanol–water partition coefficient (Wildman–Crippen LogP) is 2.19. The van der Waals surface area contributed by atoms with Gasteiger partial charge in [0.2, 0.25) is 0 Å². The van der Waals surface area contributed by atoms with Crippen molar-refractivity contribution < 1.29 is 19.7 Å². The lowest BCUT2D eigenvalue weighted by Crippen LogP contribution is -2.12. The third-order valence-electron chi connectivity index (χ3n) is 3.55. The van der Waals surface area contributed by atoms with Crippen LogP contribution in [0, 0.1) is 5.82 Å². The van der Waals surface area contributed by atoms with E-state index in [1.807, 2.05) is 0 Å². The summed E-state index contributed by atoms with van der Waals surface area (Å²) in [6.07, 6.45) is 0. The van der Waals surface area contributed by atoms with E-state index in [4.69, 9.17) is 11.6 Å². The van der Waals surface area contributed by atoms with E-state index in [0.29, 0.717) is 16.6 Å². The fraction of sp³-hybridized carbons (Fsp3) is 0.200. The maximum Gasteiger partial charge on any atom is 0.293 e. The number of nitrogens with one attached hydrogen (secondary N) is 1. The second-order valence-corrected chi connectivity index (χ2v) is 5.39. The summed E-state index contributed by atoms with van der Waals surface area (Å²) >= 11 is 6.42. The Morgan fingerprint density at radius 2 is 1.78 bits per heavy atom. The van der Waals surface area contributed by atoms with Crippen molar-refractivity contribution in [2.45, 2.75) is 5.92 Å². The summed E-state index contributed by atoms with van der Waals surface area (Å²) in [5.41, 5.74) is 1.88. The first-order chi connectivity index (χ1) is 11.0. The third-order valence-corrected chi connectivity index (χ3v) is 3.94. The van der Waals surface area contributed by atoms with E-state index in [1.54, 1.807) is 0 Å². The highest BCUT2D eigenvalue weighted by atomic mass is 35.5. The zero-order valence-electron chi connectivity index (χ0n) is 11.8. The Labute approximate surface area is 135 Å². The lowest BCUT2D eigenvalue weighted by molar-refractivity contribution is 0.190. The zero-order valence-corrected chi connectivity index (χ0v) is 12.5. The van der Waals surface area contributed by atoms with Crippen LogP contribution < -0.4 is 0 Å². The molecule has 0 bridgehead atoms. The summed E-state index contributed by atoms with van der Waals surface area (Å²) < 4.78 is 13.2. The van der Waals surface area contributed by atoms with Gasteiger partial charge in [0.05, 0.1) is 29.4 Å². The Bertz CT molecular complexity index is 847. The molecule has 6 nitrogen and oxygen atoms in total. The molecule has 4 N–H and O–H groups in total. The molecule has 0 radical (unpaired) electrons. The number of benzene rings is 1. The Morgan fingerprint density at radius 1 is 1.13 bits per heavy atom. The molecule has 0 fully saturated rings. The molecule has 0 spiro atoms. The average molecular weight is 338 g/mol. The Kier molecular flexibility index (Phi) is 4.16. The minimum absolute atomic E-state index is 0.188. The number of imidazole rings is 1. The van der Waals surface area contributed by atoms with Crippen LogP contribution in [0.1, 0.15) is 11.6 Å². The van der Waals surface area contributed by atoms with Crippen molar-refractivity contribution in [2.75, 3.05) is 13.2 Å². The van der Waals surface area contributed by atoms with E-state index >= 15 is 0 Å². The number of halogens is 2. The molecule has 0 saturated carbocycles. The molecule has 23 heavy (non-hydrogen) atoms. The molecular weight excluding hydrogens is 325 g/mol. The first-order valence-corrected chi connectivity index (χ1v) is 7.18. The summed E-state index contributed by atoms with van der Waals surface area (Å²) in [5.74, 6) is -1.09. The highest BCUT2D eigenvalue weighted by molar-refractivity contribution is 6.35. The van der Waals surface area contributed by atoms with Crippen molar-refractivity contribution in [3.8, 4) is 17.1 Å². The van der Waals surface area contributed by atoms with Crippen LogP contribution in [0.3, 0.4) is 0 Å².